The van der Waals surface area contributed by atoms with Gasteiger partial charge in [-0.15, -0.1) is 0 Å². The molecule has 0 heterocycles. The molecule has 1 N–H and O–H groups in total. The van der Waals surface area contributed by atoms with Crippen molar-refractivity contribution in [3.63, 3.8) is 0 Å². The molecule has 0 saturated heterocycles. The van der Waals surface area contributed by atoms with Crippen LogP contribution in [0.15, 0.2) is 12.1 Å². The fourth-order valence-corrected chi connectivity index (χ4v) is 1.51. The summed E-state index contributed by atoms with van der Waals surface area (Å²) in [7, 11) is 1.00. The van der Waals surface area contributed by atoms with E-state index in [1.165, 1.54) is 0 Å². The van der Waals surface area contributed by atoms with E-state index in [9.17, 15) is 4.79 Å². The molecule has 0 fully saturated rings. The van der Waals surface area contributed by atoms with E-state index < -0.39 is 0 Å². The first-order valence-electron chi connectivity index (χ1n) is 3.50. The van der Waals surface area contributed by atoms with Gasteiger partial charge in [0.1, 0.15) is 0 Å². The molecule has 0 aliphatic heterocycles. The summed E-state index contributed by atoms with van der Waals surface area (Å²) in [5.41, 5.74) is 1.31. The van der Waals surface area contributed by atoms with Crippen molar-refractivity contribution in [2.45, 2.75) is 6.92 Å². The first-order valence-corrected chi connectivity index (χ1v) is 4.26. The number of aldehydes is 1. The van der Waals surface area contributed by atoms with Gasteiger partial charge < -0.3 is 5.11 Å². The van der Waals surface area contributed by atoms with Gasteiger partial charge in [0.2, 0.25) is 0 Å². The summed E-state index contributed by atoms with van der Waals surface area (Å²) < 4.78 is 0. The van der Waals surface area contributed by atoms with Crippen LogP contribution < -0.4 is 0 Å². The second-order valence-electron chi connectivity index (χ2n) is 2.26. The summed E-state index contributed by atoms with van der Waals surface area (Å²) in [6.45, 7) is 1.87. The molecule has 2 nitrogen and oxygen atoms in total. The lowest BCUT2D eigenvalue weighted by atomic mass is 10.2. The highest BCUT2D eigenvalue weighted by atomic mass is 35.5. The van der Waals surface area contributed by atoms with E-state index in [2.05, 4.69) is 0 Å². The van der Waals surface area contributed by atoms with Crippen LogP contribution in [0.25, 0.3) is 0 Å². The van der Waals surface area contributed by atoms with Crippen molar-refractivity contribution >= 4 is 29.5 Å². The summed E-state index contributed by atoms with van der Waals surface area (Å²) in [5.74, 6) is 0. The Hall–Kier alpha value is -0.570. The van der Waals surface area contributed by atoms with Crippen LogP contribution in [0.4, 0.5) is 0 Å². The first-order chi connectivity index (χ1) is 6.15. The minimum absolute atomic E-state index is 0.360. The molecule has 0 amide bonds. The quantitative estimate of drug-likeness (QED) is 0.740. The molecule has 1 aromatic rings. The van der Waals surface area contributed by atoms with Crippen LogP contribution >= 0.6 is 23.2 Å². The Labute approximate surface area is 87.1 Å². The lowest BCUT2D eigenvalue weighted by molar-refractivity contribution is 0.112. The van der Waals surface area contributed by atoms with Gasteiger partial charge in [-0.2, -0.15) is 0 Å². The summed E-state index contributed by atoms with van der Waals surface area (Å²) in [6, 6.07) is 3.41. The van der Waals surface area contributed by atoms with Crippen molar-refractivity contribution in [1.29, 1.82) is 0 Å². The molecule has 1 rings (SSSR count). The fraction of sp³-hybridized carbons (Fsp3) is 0.222. The Morgan fingerprint density at radius 1 is 1.23 bits per heavy atom. The molecular weight excluding hydrogens is 211 g/mol. The van der Waals surface area contributed by atoms with Crippen molar-refractivity contribution < 1.29 is 9.90 Å². The van der Waals surface area contributed by atoms with Gasteiger partial charge in [0.25, 0.3) is 0 Å². The van der Waals surface area contributed by atoms with Crippen molar-refractivity contribution in [3.05, 3.63) is 33.3 Å². The predicted molar refractivity (Wildman–Crippen MR) is 54.7 cm³/mol. The summed E-state index contributed by atoms with van der Waals surface area (Å²) >= 11 is 11.4. The Morgan fingerprint density at radius 2 is 1.62 bits per heavy atom. The maximum Gasteiger partial charge on any atom is 0.153 e. The molecule has 0 aromatic heterocycles. The van der Waals surface area contributed by atoms with E-state index in [1.807, 2.05) is 6.92 Å². The average molecular weight is 221 g/mol. The highest BCUT2D eigenvalue weighted by molar-refractivity contribution is 6.38. The molecule has 0 saturated carbocycles. The zero-order chi connectivity index (χ0) is 10.4. The van der Waals surface area contributed by atoms with Gasteiger partial charge in [0.05, 0.1) is 15.6 Å². The maximum atomic E-state index is 10.4. The van der Waals surface area contributed by atoms with Gasteiger partial charge in [0.15, 0.2) is 6.29 Å². The third-order valence-electron chi connectivity index (χ3n) is 1.34. The fourth-order valence-electron chi connectivity index (χ4n) is 0.824. The van der Waals surface area contributed by atoms with Crippen LogP contribution in [0, 0.1) is 6.92 Å². The second-order valence-corrected chi connectivity index (χ2v) is 3.07. The normalized spacial score (nSPS) is 8.69. The zero-order valence-corrected chi connectivity index (χ0v) is 8.86. The zero-order valence-electron chi connectivity index (χ0n) is 7.34. The Balaban J connectivity index is 0.000000671. The van der Waals surface area contributed by atoms with Gasteiger partial charge in [-0.25, -0.2) is 0 Å². The average Bonchev–Trinajstić information content (AvgIpc) is 2.07. The Kier molecular flexibility index (Phi) is 5.71. The highest BCUT2D eigenvalue weighted by Gasteiger charge is 2.04. The lowest BCUT2D eigenvalue weighted by Crippen LogP contribution is -1.85. The minimum Gasteiger partial charge on any atom is -0.400 e. The van der Waals surface area contributed by atoms with E-state index in [1.54, 1.807) is 12.1 Å². The Bertz CT molecular complexity index is 275. The molecule has 0 spiro atoms. The van der Waals surface area contributed by atoms with Gasteiger partial charge in [-0.3, -0.25) is 4.79 Å². The smallest absolute Gasteiger partial charge is 0.153 e. The summed E-state index contributed by atoms with van der Waals surface area (Å²) in [6.07, 6.45) is 0.657. The van der Waals surface area contributed by atoms with E-state index in [4.69, 9.17) is 28.3 Å². The number of benzene rings is 1. The van der Waals surface area contributed by atoms with Crippen LogP contribution in [0.3, 0.4) is 0 Å². The largest absolute Gasteiger partial charge is 0.400 e. The van der Waals surface area contributed by atoms with Crippen molar-refractivity contribution in [1.82, 2.24) is 0 Å². The lowest BCUT2D eigenvalue weighted by Gasteiger charge is -2.00. The van der Waals surface area contributed by atoms with Gasteiger partial charge in [0, 0.05) is 7.11 Å². The number of aliphatic hydroxyl groups is 1. The molecule has 0 bridgehead atoms. The minimum atomic E-state index is 0.360. The third-order valence-corrected chi connectivity index (χ3v) is 1.97. The maximum absolute atomic E-state index is 10.4. The molecule has 13 heavy (non-hydrogen) atoms. The van der Waals surface area contributed by atoms with Gasteiger partial charge >= 0.3 is 0 Å². The number of rotatable bonds is 1. The topological polar surface area (TPSA) is 37.3 Å². The third kappa shape index (κ3) is 3.35. The molecule has 72 valence electrons. The van der Waals surface area contributed by atoms with Crippen molar-refractivity contribution in [2.75, 3.05) is 7.11 Å². The van der Waals surface area contributed by atoms with Crippen LogP contribution in [-0.2, 0) is 0 Å². The second kappa shape index (κ2) is 5.97. The summed E-state index contributed by atoms with van der Waals surface area (Å²) in [5, 5.41) is 7.81. The molecule has 1 aromatic carbocycles. The van der Waals surface area contributed by atoms with Gasteiger partial charge in [-0.05, 0) is 24.6 Å². The first kappa shape index (κ1) is 12.4. The number of aryl methyl sites for hydroxylation is 1. The number of carbonyl (C=O) groups is 1. The molecule has 4 heteroatoms. The van der Waals surface area contributed by atoms with Crippen LogP contribution in [-0.4, -0.2) is 18.5 Å². The summed E-state index contributed by atoms with van der Waals surface area (Å²) in [4.78, 5) is 10.4. The molecule has 0 unspecified atom stereocenters. The van der Waals surface area contributed by atoms with Crippen LogP contribution in [0.5, 0.6) is 0 Å². The van der Waals surface area contributed by atoms with E-state index in [0.717, 1.165) is 12.7 Å². The number of hydrogen-bond acceptors (Lipinski definition) is 2. The van der Waals surface area contributed by atoms with E-state index in [-0.39, 0.29) is 0 Å². The molecule has 0 atom stereocenters. The van der Waals surface area contributed by atoms with Gasteiger partial charge in [-0.1, -0.05) is 23.2 Å². The highest BCUT2D eigenvalue weighted by Crippen LogP contribution is 2.24. The van der Waals surface area contributed by atoms with E-state index >= 15 is 0 Å². The number of aliphatic hydroxyl groups excluding tert-OH is 1. The molecule has 0 aliphatic carbocycles. The number of carbonyl (C=O) groups excluding carboxylic acids is 1. The molecule has 0 radical (unpaired) electrons. The SMILES string of the molecule is CO.Cc1cc(Cl)c(C=O)c(Cl)c1. The number of halogens is 2. The predicted octanol–water partition coefficient (Wildman–Crippen LogP) is 2.72. The standard InChI is InChI=1S/C8H6Cl2O.CH4O/c1-5-2-7(9)6(4-11)8(10)3-5;1-2/h2-4H,1H3;2H,1H3. The molecular formula is C9H10Cl2O2. The van der Waals surface area contributed by atoms with Crippen LogP contribution in [0.1, 0.15) is 15.9 Å². The molecule has 0 aliphatic rings. The monoisotopic (exact) mass is 220 g/mol. The number of hydrogen-bond donors (Lipinski definition) is 1. The van der Waals surface area contributed by atoms with E-state index in [0.29, 0.717) is 21.9 Å². The van der Waals surface area contributed by atoms with Crippen LogP contribution in [0.2, 0.25) is 10.0 Å². The Morgan fingerprint density at radius 3 is 1.92 bits per heavy atom. The van der Waals surface area contributed by atoms with Crippen molar-refractivity contribution in [2.24, 2.45) is 0 Å². The van der Waals surface area contributed by atoms with Crippen molar-refractivity contribution in [3.8, 4) is 0 Å².